The minimum Gasteiger partial charge on any atom is -0.469 e. The molecular weight excluding hydrogens is 394 g/mol. The minimum absolute atomic E-state index is 0.112. The van der Waals surface area contributed by atoms with Gasteiger partial charge in [-0.2, -0.15) is 0 Å². The molecule has 0 atom stereocenters. The van der Waals surface area contributed by atoms with Crippen LogP contribution in [0.5, 0.6) is 0 Å². The van der Waals surface area contributed by atoms with Gasteiger partial charge in [0.15, 0.2) is 6.61 Å². The van der Waals surface area contributed by atoms with Gasteiger partial charge in [-0.15, -0.1) is 0 Å². The number of esters is 2. The molecule has 0 aliphatic rings. The SMILES string of the molecule is COC(=O)CCCn1c(C)cc(C(=O)COC(=O)Cc2cccc3ccccc23)c1C. The van der Waals surface area contributed by atoms with E-state index in [9.17, 15) is 14.4 Å². The molecule has 31 heavy (non-hydrogen) atoms. The van der Waals surface area contributed by atoms with Crippen LogP contribution in [0.3, 0.4) is 0 Å². The van der Waals surface area contributed by atoms with E-state index in [-0.39, 0.29) is 24.8 Å². The van der Waals surface area contributed by atoms with E-state index in [0.717, 1.165) is 27.7 Å². The summed E-state index contributed by atoms with van der Waals surface area (Å²) < 4.78 is 11.9. The van der Waals surface area contributed by atoms with Crippen LogP contribution in [0.1, 0.15) is 40.2 Å². The second kappa shape index (κ2) is 10.1. The van der Waals surface area contributed by atoms with E-state index in [1.807, 2.05) is 60.9 Å². The number of fused-ring (bicyclic) bond motifs is 1. The Bertz CT molecular complexity index is 1110. The number of benzene rings is 2. The van der Waals surface area contributed by atoms with Gasteiger partial charge in [0, 0.05) is 29.9 Å². The van der Waals surface area contributed by atoms with Crippen molar-refractivity contribution in [1.29, 1.82) is 0 Å². The third-order valence-electron chi connectivity index (χ3n) is 5.44. The van der Waals surface area contributed by atoms with Crippen LogP contribution < -0.4 is 0 Å². The summed E-state index contributed by atoms with van der Waals surface area (Å²) in [6, 6.07) is 15.4. The lowest BCUT2D eigenvalue weighted by molar-refractivity contribution is -0.142. The summed E-state index contributed by atoms with van der Waals surface area (Å²) in [5, 5.41) is 2.06. The highest BCUT2D eigenvalue weighted by molar-refractivity contribution is 5.99. The Balaban J connectivity index is 1.59. The molecule has 0 aliphatic heterocycles. The Morgan fingerprint density at radius 1 is 0.968 bits per heavy atom. The maximum absolute atomic E-state index is 12.7. The van der Waals surface area contributed by atoms with Crippen LogP contribution >= 0.6 is 0 Å². The maximum atomic E-state index is 12.7. The van der Waals surface area contributed by atoms with Gasteiger partial charge in [-0.05, 0) is 42.7 Å². The molecule has 6 nitrogen and oxygen atoms in total. The van der Waals surface area contributed by atoms with Crippen molar-refractivity contribution >= 4 is 28.5 Å². The Morgan fingerprint density at radius 2 is 1.71 bits per heavy atom. The van der Waals surface area contributed by atoms with Crippen LogP contribution in [-0.4, -0.2) is 36.0 Å². The largest absolute Gasteiger partial charge is 0.469 e. The summed E-state index contributed by atoms with van der Waals surface area (Å²) in [6.07, 6.45) is 1.06. The molecule has 162 valence electrons. The number of methoxy groups -OCH3 is 1. The van der Waals surface area contributed by atoms with Gasteiger partial charge in [0.2, 0.25) is 5.78 Å². The quantitative estimate of drug-likeness (QED) is 0.383. The number of Topliss-reactive ketones (excluding diaryl/α,β-unsaturated/α-hetero) is 1. The lowest BCUT2D eigenvalue weighted by Crippen LogP contribution is -2.16. The van der Waals surface area contributed by atoms with E-state index in [2.05, 4.69) is 4.74 Å². The summed E-state index contributed by atoms with van der Waals surface area (Å²) in [6.45, 7) is 4.09. The summed E-state index contributed by atoms with van der Waals surface area (Å²) in [5.74, 6) is -0.924. The van der Waals surface area contributed by atoms with Crippen LogP contribution in [0.2, 0.25) is 0 Å². The normalized spacial score (nSPS) is 10.8. The van der Waals surface area contributed by atoms with Crippen molar-refractivity contribution in [1.82, 2.24) is 4.57 Å². The summed E-state index contributed by atoms with van der Waals surface area (Å²) >= 11 is 0. The van der Waals surface area contributed by atoms with Crippen molar-refractivity contribution in [3.05, 3.63) is 71.0 Å². The fraction of sp³-hybridized carbons (Fsp3) is 0.320. The number of hydrogen-bond donors (Lipinski definition) is 0. The molecule has 0 saturated carbocycles. The molecular formula is C25H27NO5. The topological polar surface area (TPSA) is 74.6 Å². The number of carbonyl (C=O) groups is 3. The number of ketones is 1. The molecule has 3 rings (SSSR count). The van der Waals surface area contributed by atoms with E-state index >= 15 is 0 Å². The van der Waals surface area contributed by atoms with Gasteiger partial charge >= 0.3 is 11.9 Å². The molecule has 0 bridgehead atoms. The lowest BCUT2D eigenvalue weighted by Gasteiger charge is -2.10. The molecule has 0 amide bonds. The van der Waals surface area contributed by atoms with E-state index in [4.69, 9.17) is 4.74 Å². The predicted octanol–water partition coefficient (Wildman–Crippen LogP) is 4.18. The van der Waals surface area contributed by atoms with Gasteiger partial charge < -0.3 is 14.0 Å². The monoisotopic (exact) mass is 421 g/mol. The van der Waals surface area contributed by atoms with E-state index in [1.54, 1.807) is 6.07 Å². The summed E-state index contributed by atoms with van der Waals surface area (Å²) in [7, 11) is 1.37. The van der Waals surface area contributed by atoms with Crippen molar-refractivity contribution in [2.75, 3.05) is 13.7 Å². The number of aromatic nitrogens is 1. The molecule has 2 aromatic carbocycles. The highest BCUT2D eigenvalue weighted by Crippen LogP contribution is 2.20. The molecule has 0 fully saturated rings. The van der Waals surface area contributed by atoms with Crippen molar-refractivity contribution in [3.8, 4) is 0 Å². The first kappa shape index (κ1) is 22.3. The van der Waals surface area contributed by atoms with Gasteiger partial charge in [-0.3, -0.25) is 14.4 Å². The van der Waals surface area contributed by atoms with Crippen molar-refractivity contribution < 1.29 is 23.9 Å². The predicted molar refractivity (Wildman–Crippen MR) is 118 cm³/mol. The van der Waals surface area contributed by atoms with Crippen molar-refractivity contribution in [2.45, 2.75) is 39.7 Å². The number of nitrogens with zero attached hydrogens (tertiary/aromatic N) is 1. The first-order valence-corrected chi connectivity index (χ1v) is 10.3. The highest BCUT2D eigenvalue weighted by Gasteiger charge is 2.18. The fourth-order valence-corrected chi connectivity index (χ4v) is 3.79. The van der Waals surface area contributed by atoms with Gasteiger partial charge in [0.25, 0.3) is 0 Å². The van der Waals surface area contributed by atoms with E-state index in [0.29, 0.717) is 24.9 Å². The maximum Gasteiger partial charge on any atom is 0.310 e. The zero-order valence-electron chi connectivity index (χ0n) is 18.1. The standard InChI is InChI=1S/C25H27NO5/c1-17-14-22(18(2)26(17)13-7-12-24(28)30-3)23(27)16-31-25(29)15-20-10-6-9-19-8-4-5-11-21(19)20/h4-6,8-11,14H,7,12-13,15-16H2,1-3H3. The van der Waals surface area contributed by atoms with Crippen molar-refractivity contribution in [3.63, 3.8) is 0 Å². The molecule has 0 N–H and O–H groups in total. The summed E-state index contributed by atoms with van der Waals surface area (Å²) in [4.78, 5) is 36.3. The molecule has 1 heterocycles. The molecule has 3 aromatic rings. The zero-order chi connectivity index (χ0) is 22.4. The third-order valence-corrected chi connectivity index (χ3v) is 5.44. The molecule has 0 saturated heterocycles. The van der Waals surface area contributed by atoms with Crippen LogP contribution in [0, 0.1) is 13.8 Å². The van der Waals surface area contributed by atoms with Crippen LogP contribution in [-0.2, 0) is 32.0 Å². The molecule has 0 unspecified atom stereocenters. The second-order valence-electron chi connectivity index (χ2n) is 7.52. The molecule has 0 spiro atoms. The van der Waals surface area contributed by atoms with E-state index in [1.165, 1.54) is 7.11 Å². The van der Waals surface area contributed by atoms with Crippen LogP contribution in [0.25, 0.3) is 10.8 Å². The highest BCUT2D eigenvalue weighted by atomic mass is 16.5. The average molecular weight is 421 g/mol. The Kier molecular flexibility index (Phi) is 7.23. The van der Waals surface area contributed by atoms with Crippen LogP contribution in [0.4, 0.5) is 0 Å². The second-order valence-corrected chi connectivity index (χ2v) is 7.52. The van der Waals surface area contributed by atoms with Crippen LogP contribution in [0.15, 0.2) is 48.5 Å². The number of ether oxygens (including phenoxy) is 2. The van der Waals surface area contributed by atoms with Gasteiger partial charge in [-0.1, -0.05) is 42.5 Å². The zero-order valence-corrected chi connectivity index (χ0v) is 18.1. The fourth-order valence-electron chi connectivity index (χ4n) is 3.79. The van der Waals surface area contributed by atoms with E-state index < -0.39 is 5.97 Å². The number of rotatable bonds is 9. The smallest absolute Gasteiger partial charge is 0.310 e. The summed E-state index contributed by atoms with van der Waals surface area (Å²) in [5.41, 5.74) is 3.14. The first-order valence-electron chi connectivity index (χ1n) is 10.3. The average Bonchev–Trinajstić information content (AvgIpc) is 3.06. The molecule has 6 heteroatoms. The Morgan fingerprint density at radius 3 is 2.48 bits per heavy atom. The van der Waals surface area contributed by atoms with Crippen molar-refractivity contribution in [2.24, 2.45) is 0 Å². The van der Waals surface area contributed by atoms with Gasteiger partial charge in [0.1, 0.15) is 0 Å². The molecule has 0 aliphatic carbocycles. The lowest BCUT2D eigenvalue weighted by atomic mass is 10.0. The number of hydrogen-bond acceptors (Lipinski definition) is 5. The Hall–Kier alpha value is -3.41. The Labute approximate surface area is 181 Å². The first-order chi connectivity index (χ1) is 14.9. The van der Waals surface area contributed by atoms with Gasteiger partial charge in [0.05, 0.1) is 13.5 Å². The van der Waals surface area contributed by atoms with Gasteiger partial charge in [-0.25, -0.2) is 0 Å². The third kappa shape index (κ3) is 5.40. The number of aryl methyl sites for hydroxylation is 1. The number of carbonyl (C=O) groups excluding carboxylic acids is 3. The minimum atomic E-state index is -0.434. The molecule has 0 radical (unpaired) electrons. The molecule has 1 aromatic heterocycles.